The molecule has 16 heavy (non-hydrogen) atoms. The molecule has 1 rings (SSSR count). The van der Waals surface area contributed by atoms with Crippen molar-refractivity contribution >= 4 is 5.91 Å². The van der Waals surface area contributed by atoms with Crippen LogP contribution in [0, 0.1) is 13.8 Å². The molecule has 5 nitrogen and oxygen atoms in total. The Labute approximate surface area is 95.4 Å². The zero-order chi connectivity index (χ0) is 12.1. The van der Waals surface area contributed by atoms with Crippen molar-refractivity contribution < 1.29 is 4.79 Å². The number of carbonyl (C=O) groups is 1. The monoisotopic (exact) mass is 222 g/mol. The first-order valence-electron chi connectivity index (χ1n) is 5.36. The molecule has 5 heteroatoms. The Kier molecular flexibility index (Phi) is 4.37. The molecule has 88 valence electrons. The number of aromatic nitrogens is 2. The third-order valence-corrected chi connectivity index (χ3v) is 2.32. The molecule has 1 atom stereocenters. The van der Waals surface area contributed by atoms with E-state index in [9.17, 15) is 4.79 Å². The predicted molar refractivity (Wildman–Crippen MR) is 62.1 cm³/mol. The molecule has 1 aromatic heterocycles. The molecule has 0 bridgehead atoms. The second kappa shape index (κ2) is 5.55. The average Bonchev–Trinajstić information content (AvgIpc) is 2.21. The van der Waals surface area contributed by atoms with Crippen LogP contribution in [0.1, 0.15) is 35.1 Å². The van der Waals surface area contributed by atoms with Crippen LogP contribution in [0.15, 0.2) is 6.07 Å². The Bertz CT molecular complexity index is 378. The Hall–Kier alpha value is -1.49. The van der Waals surface area contributed by atoms with E-state index in [1.54, 1.807) is 13.0 Å². The summed E-state index contributed by atoms with van der Waals surface area (Å²) in [7, 11) is 0. The largest absolute Gasteiger partial charge is 0.349 e. The van der Waals surface area contributed by atoms with Gasteiger partial charge in [0.25, 0.3) is 5.91 Å². The molecular formula is C11H18N4O. The van der Waals surface area contributed by atoms with Crippen LogP contribution in [0.2, 0.25) is 0 Å². The fourth-order valence-electron chi connectivity index (χ4n) is 1.40. The zero-order valence-electron chi connectivity index (χ0n) is 9.95. The highest BCUT2D eigenvalue weighted by atomic mass is 16.1. The number of nitrogens with zero attached hydrogens (tertiary/aromatic N) is 2. The van der Waals surface area contributed by atoms with Gasteiger partial charge < -0.3 is 11.1 Å². The maximum absolute atomic E-state index is 11.9. The lowest BCUT2D eigenvalue weighted by molar-refractivity contribution is 0.0937. The molecule has 1 amide bonds. The predicted octanol–water partition coefficient (Wildman–Crippen LogP) is 0.561. The van der Waals surface area contributed by atoms with E-state index in [2.05, 4.69) is 15.5 Å². The van der Waals surface area contributed by atoms with Gasteiger partial charge in [0.1, 0.15) is 0 Å². The standard InChI is InChI=1S/C11H18N4O/c1-7(4-5-12)13-11(16)10-6-8(2)14-15-9(10)3/h6-7H,4-5,12H2,1-3H3,(H,13,16). The summed E-state index contributed by atoms with van der Waals surface area (Å²) < 4.78 is 0. The molecule has 0 aliphatic rings. The second-order valence-corrected chi connectivity index (χ2v) is 3.94. The molecule has 0 aliphatic heterocycles. The highest BCUT2D eigenvalue weighted by Crippen LogP contribution is 2.05. The van der Waals surface area contributed by atoms with E-state index < -0.39 is 0 Å². The van der Waals surface area contributed by atoms with Crippen molar-refractivity contribution in [3.05, 3.63) is 23.0 Å². The maximum Gasteiger partial charge on any atom is 0.253 e. The second-order valence-electron chi connectivity index (χ2n) is 3.94. The summed E-state index contributed by atoms with van der Waals surface area (Å²) in [6.07, 6.45) is 0.766. The van der Waals surface area contributed by atoms with Gasteiger partial charge in [-0.1, -0.05) is 0 Å². The minimum absolute atomic E-state index is 0.0744. The van der Waals surface area contributed by atoms with Gasteiger partial charge in [-0.3, -0.25) is 4.79 Å². The van der Waals surface area contributed by atoms with Crippen molar-refractivity contribution in [3.8, 4) is 0 Å². The van der Waals surface area contributed by atoms with E-state index in [1.807, 2.05) is 13.8 Å². The molecule has 1 heterocycles. The van der Waals surface area contributed by atoms with Crippen LogP contribution in [0.4, 0.5) is 0 Å². The quantitative estimate of drug-likeness (QED) is 0.780. The number of rotatable bonds is 4. The molecule has 1 aromatic rings. The molecule has 0 saturated carbocycles. The van der Waals surface area contributed by atoms with Crippen LogP contribution in [0.25, 0.3) is 0 Å². The van der Waals surface area contributed by atoms with E-state index >= 15 is 0 Å². The van der Waals surface area contributed by atoms with E-state index in [4.69, 9.17) is 5.73 Å². The molecule has 0 fully saturated rings. The van der Waals surface area contributed by atoms with Gasteiger partial charge in [0.05, 0.1) is 17.0 Å². The van der Waals surface area contributed by atoms with Gasteiger partial charge in [0.2, 0.25) is 0 Å². The molecular weight excluding hydrogens is 204 g/mol. The van der Waals surface area contributed by atoms with Crippen LogP contribution in [-0.4, -0.2) is 28.7 Å². The Morgan fingerprint density at radius 2 is 2.19 bits per heavy atom. The highest BCUT2D eigenvalue weighted by molar-refractivity contribution is 5.95. The first kappa shape index (κ1) is 12.6. The van der Waals surface area contributed by atoms with Crippen molar-refractivity contribution in [2.75, 3.05) is 6.54 Å². The number of nitrogens with one attached hydrogen (secondary N) is 1. The van der Waals surface area contributed by atoms with Crippen LogP contribution < -0.4 is 11.1 Å². The number of hydrogen-bond acceptors (Lipinski definition) is 4. The average molecular weight is 222 g/mol. The highest BCUT2D eigenvalue weighted by Gasteiger charge is 2.13. The molecule has 0 aliphatic carbocycles. The van der Waals surface area contributed by atoms with Crippen molar-refractivity contribution in [3.63, 3.8) is 0 Å². The zero-order valence-corrected chi connectivity index (χ0v) is 9.95. The van der Waals surface area contributed by atoms with E-state index in [1.165, 1.54) is 0 Å². The number of hydrogen-bond donors (Lipinski definition) is 2. The molecule has 3 N–H and O–H groups in total. The minimum Gasteiger partial charge on any atom is -0.349 e. The third kappa shape index (κ3) is 3.27. The Morgan fingerprint density at radius 3 is 2.81 bits per heavy atom. The minimum atomic E-state index is -0.114. The Morgan fingerprint density at radius 1 is 1.50 bits per heavy atom. The van der Waals surface area contributed by atoms with Crippen LogP contribution in [0.5, 0.6) is 0 Å². The third-order valence-electron chi connectivity index (χ3n) is 2.32. The number of aryl methyl sites for hydroxylation is 2. The van der Waals surface area contributed by atoms with Gasteiger partial charge in [-0.2, -0.15) is 10.2 Å². The van der Waals surface area contributed by atoms with Crippen LogP contribution in [0.3, 0.4) is 0 Å². The lowest BCUT2D eigenvalue weighted by Gasteiger charge is -2.13. The smallest absolute Gasteiger partial charge is 0.253 e. The first-order valence-corrected chi connectivity index (χ1v) is 5.36. The molecule has 0 radical (unpaired) electrons. The molecule has 0 aromatic carbocycles. The van der Waals surface area contributed by atoms with Crippen molar-refractivity contribution in [2.45, 2.75) is 33.2 Å². The van der Waals surface area contributed by atoms with Gasteiger partial charge in [-0.15, -0.1) is 0 Å². The summed E-state index contributed by atoms with van der Waals surface area (Å²) in [5, 5.41) is 10.7. The van der Waals surface area contributed by atoms with Gasteiger partial charge >= 0.3 is 0 Å². The summed E-state index contributed by atoms with van der Waals surface area (Å²) in [4.78, 5) is 11.9. The van der Waals surface area contributed by atoms with Gasteiger partial charge in [-0.25, -0.2) is 0 Å². The van der Waals surface area contributed by atoms with Gasteiger partial charge in [-0.05, 0) is 39.8 Å². The van der Waals surface area contributed by atoms with Crippen molar-refractivity contribution in [1.82, 2.24) is 15.5 Å². The van der Waals surface area contributed by atoms with E-state index in [-0.39, 0.29) is 11.9 Å². The van der Waals surface area contributed by atoms with E-state index in [0.717, 1.165) is 12.1 Å². The summed E-state index contributed by atoms with van der Waals surface area (Å²) in [5.74, 6) is -0.114. The van der Waals surface area contributed by atoms with Gasteiger partial charge in [0, 0.05) is 6.04 Å². The first-order chi connectivity index (χ1) is 7.54. The SMILES string of the molecule is Cc1cc(C(=O)NC(C)CCN)c(C)nn1. The summed E-state index contributed by atoms with van der Waals surface area (Å²) in [6, 6.07) is 1.82. The van der Waals surface area contributed by atoms with E-state index in [0.29, 0.717) is 17.8 Å². The fraction of sp³-hybridized carbons (Fsp3) is 0.545. The van der Waals surface area contributed by atoms with Crippen LogP contribution in [-0.2, 0) is 0 Å². The summed E-state index contributed by atoms with van der Waals surface area (Å²) in [5.41, 5.74) is 7.38. The molecule has 1 unspecified atom stereocenters. The number of carbonyl (C=O) groups excluding carboxylic acids is 1. The van der Waals surface area contributed by atoms with Crippen LogP contribution >= 0.6 is 0 Å². The normalized spacial score (nSPS) is 12.2. The maximum atomic E-state index is 11.9. The number of amides is 1. The summed E-state index contributed by atoms with van der Waals surface area (Å²) in [6.45, 7) is 6.08. The van der Waals surface area contributed by atoms with Gasteiger partial charge in [0.15, 0.2) is 0 Å². The molecule has 0 spiro atoms. The lowest BCUT2D eigenvalue weighted by Crippen LogP contribution is -2.34. The Balaban J connectivity index is 2.76. The topological polar surface area (TPSA) is 80.9 Å². The lowest BCUT2D eigenvalue weighted by atomic mass is 10.1. The van der Waals surface area contributed by atoms with Crippen molar-refractivity contribution in [1.29, 1.82) is 0 Å². The summed E-state index contributed by atoms with van der Waals surface area (Å²) >= 11 is 0. The molecule has 0 saturated heterocycles. The van der Waals surface area contributed by atoms with Crippen molar-refractivity contribution in [2.24, 2.45) is 5.73 Å². The fourth-order valence-corrected chi connectivity index (χ4v) is 1.40. The number of nitrogens with two attached hydrogens (primary N) is 1.